The lowest BCUT2D eigenvalue weighted by atomic mass is 9.97. The summed E-state index contributed by atoms with van der Waals surface area (Å²) in [5.41, 5.74) is 0. The van der Waals surface area contributed by atoms with Crippen molar-refractivity contribution in [3.63, 3.8) is 0 Å². The van der Waals surface area contributed by atoms with Crippen molar-refractivity contribution in [2.24, 2.45) is 0 Å². The van der Waals surface area contributed by atoms with E-state index in [1.165, 1.54) is 12.7 Å². The third-order valence-corrected chi connectivity index (χ3v) is 3.29. The van der Waals surface area contributed by atoms with Crippen LogP contribution in [0.15, 0.2) is 12.0 Å². The van der Waals surface area contributed by atoms with E-state index in [1.54, 1.807) is 0 Å². The molecule has 0 aliphatic carbocycles. The number of amides is 1. The van der Waals surface area contributed by atoms with Gasteiger partial charge in [-0.05, 0) is 33.1 Å². The maximum atomic E-state index is 12.2. The minimum atomic E-state index is -0.0283. The van der Waals surface area contributed by atoms with Crippen LogP contribution in [-0.2, 0) is 14.3 Å². The summed E-state index contributed by atoms with van der Waals surface area (Å²) in [7, 11) is 0. The molecule has 2 unspecified atom stereocenters. The van der Waals surface area contributed by atoms with Crippen LogP contribution in [0.4, 0.5) is 0 Å². The normalized spacial score (nSPS) is 30.1. The summed E-state index contributed by atoms with van der Waals surface area (Å²) in [5.74, 6) is 0.325. The predicted molar refractivity (Wildman–Crippen MR) is 59.6 cm³/mol. The smallest absolute Gasteiger partial charge is 0.292 e. The minimum absolute atomic E-state index is 0.0283. The molecule has 2 aliphatic rings. The average Bonchev–Trinajstić information content (AvgIpc) is 2.30. The van der Waals surface area contributed by atoms with Crippen molar-refractivity contribution in [2.45, 2.75) is 45.2 Å². The number of carbonyl (C=O) groups excluding carboxylic acids is 1. The molecule has 16 heavy (non-hydrogen) atoms. The molecule has 1 fully saturated rings. The van der Waals surface area contributed by atoms with Crippen LogP contribution in [0, 0.1) is 0 Å². The lowest BCUT2D eigenvalue weighted by molar-refractivity contribution is -0.138. The van der Waals surface area contributed by atoms with Gasteiger partial charge in [0.25, 0.3) is 5.91 Å². The quantitative estimate of drug-likeness (QED) is 0.681. The third-order valence-electron chi connectivity index (χ3n) is 3.29. The zero-order valence-electron chi connectivity index (χ0n) is 9.94. The topological polar surface area (TPSA) is 38.8 Å². The second-order valence-electron chi connectivity index (χ2n) is 4.54. The molecule has 2 heterocycles. The summed E-state index contributed by atoms with van der Waals surface area (Å²) in [5, 5.41) is 0. The second kappa shape index (κ2) is 4.76. The van der Waals surface area contributed by atoms with E-state index in [0.717, 1.165) is 12.8 Å². The van der Waals surface area contributed by atoms with E-state index >= 15 is 0 Å². The largest absolute Gasteiger partial charge is 0.494 e. The van der Waals surface area contributed by atoms with Gasteiger partial charge in [0, 0.05) is 12.1 Å². The van der Waals surface area contributed by atoms with Crippen molar-refractivity contribution in [2.75, 3.05) is 13.2 Å². The van der Waals surface area contributed by atoms with Gasteiger partial charge < -0.3 is 14.4 Å². The van der Waals surface area contributed by atoms with E-state index in [4.69, 9.17) is 9.47 Å². The van der Waals surface area contributed by atoms with Crippen molar-refractivity contribution < 1.29 is 14.3 Å². The Balaban J connectivity index is 2.09. The van der Waals surface area contributed by atoms with Gasteiger partial charge in [-0.25, -0.2) is 0 Å². The van der Waals surface area contributed by atoms with E-state index in [9.17, 15) is 4.79 Å². The van der Waals surface area contributed by atoms with E-state index < -0.39 is 0 Å². The Labute approximate surface area is 96.2 Å². The molecule has 0 aromatic heterocycles. The first-order valence-electron chi connectivity index (χ1n) is 5.97. The Morgan fingerprint density at radius 1 is 1.31 bits per heavy atom. The number of hydrogen-bond acceptors (Lipinski definition) is 3. The van der Waals surface area contributed by atoms with Crippen LogP contribution >= 0.6 is 0 Å². The summed E-state index contributed by atoms with van der Waals surface area (Å²) >= 11 is 0. The molecule has 0 saturated carbocycles. The Bertz CT molecular complexity index is 291. The minimum Gasteiger partial charge on any atom is -0.494 e. The first-order valence-corrected chi connectivity index (χ1v) is 5.97. The number of piperidine rings is 1. The van der Waals surface area contributed by atoms with Crippen molar-refractivity contribution >= 4 is 5.91 Å². The fourth-order valence-corrected chi connectivity index (χ4v) is 2.43. The van der Waals surface area contributed by atoms with Crippen molar-refractivity contribution in [3.05, 3.63) is 12.0 Å². The summed E-state index contributed by atoms with van der Waals surface area (Å²) in [6, 6.07) is 0.588. The molecule has 2 rings (SSSR count). The van der Waals surface area contributed by atoms with Gasteiger partial charge in [0.15, 0.2) is 0 Å². The molecule has 0 aromatic rings. The number of likely N-dealkylation sites (tertiary alicyclic amines) is 1. The Hall–Kier alpha value is -1.19. The second-order valence-corrected chi connectivity index (χ2v) is 4.54. The van der Waals surface area contributed by atoms with Gasteiger partial charge in [-0.1, -0.05) is 0 Å². The van der Waals surface area contributed by atoms with Gasteiger partial charge in [-0.2, -0.15) is 0 Å². The zero-order valence-corrected chi connectivity index (χ0v) is 9.94. The SMILES string of the molecule is CC1CCCC(C)N1C(=O)C1=COCCO1. The highest BCUT2D eigenvalue weighted by atomic mass is 16.6. The highest BCUT2D eigenvalue weighted by Crippen LogP contribution is 2.24. The molecule has 0 bridgehead atoms. The molecule has 4 heteroatoms. The van der Waals surface area contributed by atoms with Gasteiger partial charge in [-0.15, -0.1) is 0 Å². The standard InChI is InChI=1S/C12H19NO3/c1-9-4-3-5-10(2)13(9)12(14)11-8-15-6-7-16-11/h8-10H,3-7H2,1-2H3. The first kappa shape index (κ1) is 11.3. The molecular weight excluding hydrogens is 206 g/mol. The summed E-state index contributed by atoms with van der Waals surface area (Å²) in [4.78, 5) is 14.1. The number of carbonyl (C=O) groups is 1. The monoisotopic (exact) mass is 225 g/mol. The average molecular weight is 225 g/mol. The van der Waals surface area contributed by atoms with Crippen LogP contribution in [0.2, 0.25) is 0 Å². The van der Waals surface area contributed by atoms with Crippen molar-refractivity contribution in [1.29, 1.82) is 0 Å². The van der Waals surface area contributed by atoms with Crippen LogP contribution < -0.4 is 0 Å². The highest BCUT2D eigenvalue weighted by Gasteiger charge is 2.32. The molecule has 1 amide bonds. The summed E-state index contributed by atoms with van der Waals surface area (Å²) < 4.78 is 10.5. The van der Waals surface area contributed by atoms with Crippen molar-refractivity contribution in [1.82, 2.24) is 4.90 Å². The van der Waals surface area contributed by atoms with Gasteiger partial charge >= 0.3 is 0 Å². The Morgan fingerprint density at radius 3 is 2.56 bits per heavy atom. The Morgan fingerprint density at radius 2 is 2.00 bits per heavy atom. The van der Waals surface area contributed by atoms with Gasteiger partial charge in [0.05, 0.1) is 0 Å². The van der Waals surface area contributed by atoms with E-state index in [-0.39, 0.29) is 5.91 Å². The highest BCUT2D eigenvalue weighted by molar-refractivity contribution is 5.91. The molecule has 0 aromatic carbocycles. The van der Waals surface area contributed by atoms with Crippen LogP contribution in [0.5, 0.6) is 0 Å². The van der Waals surface area contributed by atoms with E-state index in [1.807, 2.05) is 4.90 Å². The van der Waals surface area contributed by atoms with E-state index in [2.05, 4.69) is 13.8 Å². The zero-order chi connectivity index (χ0) is 11.5. The maximum Gasteiger partial charge on any atom is 0.292 e. The number of nitrogens with zero attached hydrogens (tertiary/aromatic N) is 1. The molecule has 0 N–H and O–H groups in total. The lowest BCUT2D eigenvalue weighted by Crippen LogP contribution is -2.48. The molecule has 1 saturated heterocycles. The molecular formula is C12H19NO3. The molecule has 0 radical (unpaired) electrons. The fourth-order valence-electron chi connectivity index (χ4n) is 2.43. The maximum absolute atomic E-state index is 12.2. The number of ether oxygens (including phenoxy) is 2. The lowest BCUT2D eigenvalue weighted by Gasteiger charge is -2.39. The number of rotatable bonds is 1. The first-order chi connectivity index (χ1) is 7.70. The van der Waals surface area contributed by atoms with E-state index in [0.29, 0.717) is 31.1 Å². The fraction of sp³-hybridized carbons (Fsp3) is 0.750. The van der Waals surface area contributed by atoms with Gasteiger partial charge in [0.2, 0.25) is 5.76 Å². The van der Waals surface area contributed by atoms with Gasteiger partial charge in [-0.3, -0.25) is 4.79 Å². The summed E-state index contributed by atoms with van der Waals surface area (Å²) in [6.45, 7) is 5.19. The summed E-state index contributed by atoms with van der Waals surface area (Å²) in [6.07, 6.45) is 4.79. The Kier molecular flexibility index (Phi) is 3.36. The molecule has 2 atom stereocenters. The third kappa shape index (κ3) is 2.15. The molecule has 0 spiro atoms. The molecule has 4 nitrogen and oxygen atoms in total. The van der Waals surface area contributed by atoms with Crippen LogP contribution in [-0.4, -0.2) is 36.1 Å². The van der Waals surface area contributed by atoms with Crippen LogP contribution in [0.3, 0.4) is 0 Å². The van der Waals surface area contributed by atoms with Crippen molar-refractivity contribution in [3.8, 4) is 0 Å². The molecule has 90 valence electrons. The van der Waals surface area contributed by atoms with Crippen LogP contribution in [0.1, 0.15) is 33.1 Å². The number of hydrogen-bond donors (Lipinski definition) is 0. The van der Waals surface area contributed by atoms with Crippen LogP contribution in [0.25, 0.3) is 0 Å². The van der Waals surface area contributed by atoms with Gasteiger partial charge in [0.1, 0.15) is 19.5 Å². The predicted octanol–water partition coefficient (Wildman–Crippen LogP) is 1.66. The molecule has 2 aliphatic heterocycles.